The average molecular weight is 751 g/mol. The SMILES string of the molecule is C[Si]C.Cc1cc2c(-c3cccc4ccccc34)ccc(C)c2[cH-]1.Cc1ccc(-c2cccc3[cH-]c(C(C)C)cc23)c(C)c1.[Cl][Zr+2][Cl]. The average Bonchev–Trinajstić information content (AvgIpc) is 3.67. The first-order valence-corrected chi connectivity index (χ1v) is 24.4. The molecule has 7 aromatic rings. The summed E-state index contributed by atoms with van der Waals surface area (Å²) in [5, 5.41) is 8.09. The van der Waals surface area contributed by atoms with Gasteiger partial charge in [0.1, 0.15) is 0 Å². The summed E-state index contributed by atoms with van der Waals surface area (Å²) < 4.78 is 0. The van der Waals surface area contributed by atoms with Crippen LogP contribution in [0.25, 0.3) is 54.6 Å². The van der Waals surface area contributed by atoms with Crippen molar-refractivity contribution in [3.63, 3.8) is 0 Å². The molecule has 0 nitrogen and oxygen atoms in total. The molecule has 0 N–H and O–H groups in total. The van der Waals surface area contributed by atoms with Gasteiger partial charge in [-0.3, -0.25) is 0 Å². The second-order valence-electron chi connectivity index (χ2n) is 12.5. The summed E-state index contributed by atoms with van der Waals surface area (Å²) in [6, 6.07) is 42.3. The summed E-state index contributed by atoms with van der Waals surface area (Å²) in [6.45, 7) is 17.5. The molecule has 0 fully saturated rings. The molecule has 0 atom stereocenters. The van der Waals surface area contributed by atoms with Crippen LogP contribution in [0.5, 0.6) is 0 Å². The van der Waals surface area contributed by atoms with Crippen LogP contribution in [-0.4, -0.2) is 9.52 Å². The van der Waals surface area contributed by atoms with Crippen molar-refractivity contribution in [1.82, 2.24) is 0 Å². The van der Waals surface area contributed by atoms with Gasteiger partial charge in [-0.2, -0.15) is 12.1 Å². The van der Waals surface area contributed by atoms with E-state index < -0.39 is 20.8 Å². The third kappa shape index (κ3) is 9.04. The second-order valence-corrected chi connectivity index (χ2v) is 17.2. The maximum atomic E-state index is 4.93. The van der Waals surface area contributed by atoms with E-state index in [9.17, 15) is 0 Å². The summed E-state index contributed by atoms with van der Waals surface area (Å²) in [5.41, 5.74) is 12.1. The fraction of sp³-hybridized carbons (Fsp3) is 0.209. The third-order valence-corrected chi connectivity index (χ3v) is 8.44. The molecule has 7 rings (SSSR count). The predicted molar refractivity (Wildman–Crippen MR) is 210 cm³/mol. The van der Waals surface area contributed by atoms with Crippen LogP contribution in [0.15, 0.2) is 115 Å². The number of rotatable bonds is 3. The molecule has 0 spiro atoms. The first kappa shape index (κ1) is 37.1. The molecule has 7 aromatic carbocycles. The normalized spacial score (nSPS) is 10.5. The van der Waals surface area contributed by atoms with Gasteiger partial charge < -0.3 is 0 Å². The van der Waals surface area contributed by atoms with Crippen molar-refractivity contribution in [3.05, 3.63) is 143 Å². The van der Waals surface area contributed by atoms with Crippen molar-refractivity contribution < 1.29 is 20.8 Å². The molecule has 238 valence electrons. The van der Waals surface area contributed by atoms with Crippen molar-refractivity contribution in [2.45, 2.75) is 60.6 Å². The molecule has 0 amide bonds. The Labute approximate surface area is 303 Å². The van der Waals surface area contributed by atoms with Gasteiger partial charge in [0.05, 0.1) is 0 Å². The maximum absolute atomic E-state index is 4.93. The van der Waals surface area contributed by atoms with Crippen LogP contribution in [0.4, 0.5) is 0 Å². The summed E-state index contributed by atoms with van der Waals surface area (Å²) in [6.07, 6.45) is 0. The van der Waals surface area contributed by atoms with E-state index in [1.807, 2.05) is 0 Å². The molecule has 2 radical (unpaired) electrons. The Morgan fingerprint density at radius 1 is 0.596 bits per heavy atom. The van der Waals surface area contributed by atoms with E-state index in [1.54, 1.807) is 0 Å². The number of hydrogen-bond donors (Lipinski definition) is 0. The number of fused-ring (bicyclic) bond motifs is 3. The van der Waals surface area contributed by atoms with Crippen LogP contribution < -0.4 is 0 Å². The van der Waals surface area contributed by atoms with E-state index in [-0.39, 0.29) is 0 Å². The van der Waals surface area contributed by atoms with Crippen LogP contribution >= 0.6 is 17.0 Å². The molecule has 0 aliphatic rings. The fourth-order valence-electron chi connectivity index (χ4n) is 6.23. The van der Waals surface area contributed by atoms with Gasteiger partial charge in [0.25, 0.3) is 0 Å². The monoisotopic (exact) mass is 748 g/mol. The van der Waals surface area contributed by atoms with Crippen LogP contribution in [0.2, 0.25) is 13.1 Å². The topological polar surface area (TPSA) is 0 Å². The van der Waals surface area contributed by atoms with Crippen LogP contribution in [0, 0.1) is 27.7 Å². The molecular weight excluding hydrogens is 707 g/mol. The summed E-state index contributed by atoms with van der Waals surface area (Å²) in [4.78, 5) is 0. The van der Waals surface area contributed by atoms with Crippen molar-refractivity contribution in [2.24, 2.45) is 0 Å². The van der Waals surface area contributed by atoms with Crippen molar-refractivity contribution >= 4 is 58.9 Å². The second kappa shape index (κ2) is 17.6. The molecule has 0 aliphatic carbocycles. The third-order valence-electron chi connectivity index (χ3n) is 8.44. The number of benzene rings is 5. The van der Waals surface area contributed by atoms with Gasteiger partial charge in [-0.15, -0.1) is 68.6 Å². The van der Waals surface area contributed by atoms with Gasteiger partial charge in [0.15, 0.2) is 0 Å². The molecule has 0 aliphatic heterocycles. The van der Waals surface area contributed by atoms with Gasteiger partial charge in [0, 0.05) is 9.52 Å². The van der Waals surface area contributed by atoms with E-state index in [2.05, 4.69) is 170 Å². The van der Waals surface area contributed by atoms with E-state index >= 15 is 0 Å². The molecule has 0 heterocycles. The zero-order valence-electron chi connectivity index (χ0n) is 28.8. The van der Waals surface area contributed by atoms with E-state index in [0.29, 0.717) is 5.92 Å². The first-order valence-electron chi connectivity index (χ1n) is 16.1. The van der Waals surface area contributed by atoms with Gasteiger partial charge in [0.2, 0.25) is 0 Å². The molecule has 0 saturated heterocycles. The van der Waals surface area contributed by atoms with Crippen LogP contribution in [0.3, 0.4) is 0 Å². The van der Waals surface area contributed by atoms with Crippen LogP contribution in [-0.2, 0) is 20.8 Å². The minimum absolute atomic E-state index is 0.578. The van der Waals surface area contributed by atoms with Crippen molar-refractivity contribution in [3.8, 4) is 22.3 Å². The molecule has 0 unspecified atom stereocenters. The van der Waals surface area contributed by atoms with Gasteiger partial charge in [-0.25, -0.2) is 0 Å². The molecular formula is C43H44Cl2SiZr. The van der Waals surface area contributed by atoms with Crippen molar-refractivity contribution in [2.75, 3.05) is 0 Å². The molecule has 4 heteroatoms. The summed E-state index contributed by atoms with van der Waals surface area (Å²) >= 11 is -0.826. The molecule has 0 bridgehead atoms. The van der Waals surface area contributed by atoms with Gasteiger partial charge >= 0.3 is 37.9 Å². The standard InChI is InChI=1S/C21H17.C20H21.C2H6Si.2ClH.Zr/c1-14-12-20-15(2)10-11-19(21(20)13-14)18-9-5-7-16-6-3-4-8-17(16)18;1-13(2)17-11-16-6-5-7-19(20(16)12-17)18-9-8-14(3)10-15(18)4;1-3-2;;;/h3-13H,1-2H3;5-13H,1-4H3;1-2H3;2*1H;/q2*-1;;;;+4/p-2. The Morgan fingerprint density at radius 2 is 1.19 bits per heavy atom. The minimum atomic E-state index is -0.826. The quantitative estimate of drug-likeness (QED) is 0.125. The molecule has 47 heavy (non-hydrogen) atoms. The molecule has 0 saturated carbocycles. The number of halogens is 2. The zero-order valence-corrected chi connectivity index (χ0v) is 33.8. The summed E-state index contributed by atoms with van der Waals surface area (Å²) in [7, 11) is 11.0. The summed E-state index contributed by atoms with van der Waals surface area (Å²) in [5.74, 6) is 0.578. The van der Waals surface area contributed by atoms with E-state index in [4.69, 9.17) is 17.0 Å². The Hall–Kier alpha value is -2.74. The Kier molecular flexibility index (Phi) is 13.9. The Bertz CT molecular complexity index is 2060. The number of aryl methyl sites for hydroxylation is 4. The Balaban J connectivity index is 0.000000183. The molecule has 0 aromatic heterocycles. The van der Waals surface area contributed by atoms with E-state index in [0.717, 1.165) is 9.52 Å². The first-order chi connectivity index (χ1) is 22.6. The van der Waals surface area contributed by atoms with Crippen LogP contribution in [0.1, 0.15) is 47.6 Å². The number of hydrogen-bond acceptors (Lipinski definition) is 0. The predicted octanol–water partition coefficient (Wildman–Crippen LogP) is 14.1. The zero-order chi connectivity index (χ0) is 34.1. The van der Waals surface area contributed by atoms with Crippen molar-refractivity contribution in [1.29, 1.82) is 0 Å². The fourth-order valence-corrected chi connectivity index (χ4v) is 6.23. The Morgan fingerprint density at radius 3 is 1.87 bits per heavy atom. The van der Waals surface area contributed by atoms with Gasteiger partial charge in [-0.05, 0) is 47.2 Å². The van der Waals surface area contributed by atoms with E-state index in [1.165, 1.54) is 82.4 Å². The van der Waals surface area contributed by atoms with Gasteiger partial charge in [-0.1, -0.05) is 130 Å².